The average Bonchev–Trinajstić information content (AvgIpc) is 2.46. The quantitative estimate of drug-likeness (QED) is 0.884. The topological polar surface area (TPSA) is 75.3 Å². The second-order valence-electron chi connectivity index (χ2n) is 5.63. The van der Waals surface area contributed by atoms with E-state index < -0.39 is 10.0 Å². The third-order valence-corrected chi connectivity index (χ3v) is 4.51. The second-order valence-corrected chi connectivity index (χ2v) is 7.31. The normalized spacial score (nSPS) is 11.3. The van der Waals surface area contributed by atoms with Crippen molar-refractivity contribution >= 4 is 21.6 Å². The smallest absolute Gasteiger partial charge is 0.261 e. The largest absolute Gasteiger partial charge is 0.350 e. The van der Waals surface area contributed by atoms with Gasteiger partial charge in [0.05, 0.1) is 4.90 Å². The van der Waals surface area contributed by atoms with Gasteiger partial charge in [0, 0.05) is 17.3 Å². The van der Waals surface area contributed by atoms with Gasteiger partial charge in [-0.15, -0.1) is 0 Å². The molecule has 6 heteroatoms. The second kappa shape index (κ2) is 6.83. The molecule has 0 heterocycles. The first-order valence-corrected chi connectivity index (χ1v) is 8.76. The van der Waals surface area contributed by atoms with Crippen molar-refractivity contribution in [3.63, 3.8) is 0 Å². The van der Waals surface area contributed by atoms with Gasteiger partial charge in [0.2, 0.25) is 0 Å². The van der Waals surface area contributed by atoms with Crippen molar-refractivity contribution < 1.29 is 13.2 Å². The molecule has 2 rings (SSSR count). The summed E-state index contributed by atoms with van der Waals surface area (Å²) in [7, 11) is -3.68. The Morgan fingerprint density at radius 3 is 2.26 bits per heavy atom. The zero-order valence-corrected chi connectivity index (χ0v) is 14.1. The predicted octanol–water partition coefficient (Wildman–Crippen LogP) is 2.93. The third kappa shape index (κ3) is 4.56. The van der Waals surface area contributed by atoms with Crippen molar-refractivity contribution in [1.29, 1.82) is 0 Å². The van der Waals surface area contributed by atoms with E-state index in [4.69, 9.17) is 0 Å². The Labute approximate surface area is 136 Å². The van der Waals surface area contributed by atoms with E-state index in [0.717, 1.165) is 5.56 Å². The highest BCUT2D eigenvalue weighted by atomic mass is 32.2. The van der Waals surface area contributed by atoms with Gasteiger partial charge in [-0.2, -0.15) is 0 Å². The number of rotatable bonds is 5. The van der Waals surface area contributed by atoms with Crippen LogP contribution in [0.1, 0.15) is 29.8 Å². The number of carbonyl (C=O) groups excluding carboxylic acids is 1. The van der Waals surface area contributed by atoms with Crippen LogP contribution in [-0.4, -0.2) is 20.4 Å². The number of sulfonamides is 1. The lowest BCUT2D eigenvalue weighted by Gasteiger charge is -2.10. The Balaban J connectivity index is 2.19. The minimum atomic E-state index is -3.68. The monoisotopic (exact) mass is 332 g/mol. The Morgan fingerprint density at radius 1 is 1.04 bits per heavy atom. The van der Waals surface area contributed by atoms with Crippen molar-refractivity contribution in [2.24, 2.45) is 0 Å². The maximum absolute atomic E-state index is 12.4. The fourth-order valence-electron chi connectivity index (χ4n) is 2.05. The summed E-state index contributed by atoms with van der Waals surface area (Å²) in [6.07, 6.45) is 0. The summed E-state index contributed by atoms with van der Waals surface area (Å²) < 4.78 is 27.2. The number of hydrogen-bond acceptors (Lipinski definition) is 3. The Morgan fingerprint density at radius 2 is 1.70 bits per heavy atom. The third-order valence-electron chi connectivity index (χ3n) is 3.12. The highest BCUT2D eigenvalue weighted by Gasteiger charge is 2.15. The van der Waals surface area contributed by atoms with Gasteiger partial charge in [0.1, 0.15) is 0 Å². The van der Waals surface area contributed by atoms with E-state index in [-0.39, 0.29) is 16.8 Å². The molecule has 1 amide bonds. The maximum Gasteiger partial charge on any atom is 0.261 e. The highest BCUT2D eigenvalue weighted by molar-refractivity contribution is 7.92. The molecule has 0 unspecified atom stereocenters. The molecule has 0 aliphatic carbocycles. The van der Waals surface area contributed by atoms with Crippen LogP contribution in [0.15, 0.2) is 53.4 Å². The molecule has 2 aromatic carbocycles. The lowest BCUT2D eigenvalue weighted by Crippen LogP contribution is -2.30. The summed E-state index contributed by atoms with van der Waals surface area (Å²) >= 11 is 0. The van der Waals surface area contributed by atoms with E-state index >= 15 is 0 Å². The van der Waals surface area contributed by atoms with Crippen LogP contribution in [0.5, 0.6) is 0 Å². The van der Waals surface area contributed by atoms with Crippen LogP contribution in [0.2, 0.25) is 0 Å². The number of hydrogen-bond donors (Lipinski definition) is 2. The van der Waals surface area contributed by atoms with Crippen LogP contribution in [0.25, 0.3) is 0 Å². The van der Waals surface area contributed by atoms with Gasteiger partial charge in [-0.3, -0.25) is 9.52 Å². The zero-order valence-electron chi connectivity index (χ0n) is 13.3. The van der Waals surface area contributed by atoms with Gasteiger partial charge in [-0.25, -0.2) is 8.42 Å². The molecule has 0 spiro atoms. The van der Waals surface area contributed by atoms with Gasteiger partial charge >= 0.3 is 0 Å². The molecule has 2 N–H and O–H groups in total. The van der Waals surface area contributed by atoms with E-state index in [0.29, 0.717) is 11.3 Å². The van der Waals surface area contributed by atoms with Crippen LogP contribution < -0.4 is 10.0 Å². The van der Waals surface area contributed by atoms with Gasteiger partial charge in [-0.05, 0) is 62.7 Å². The van der Waals surface area contributed by atoms with Crippen LogP contribution in [0, 0.1) is 6.92 Å². The zero-order chi connectivity index (χ0) is 17.0. The van der Waals surface area contributed by atoms with E-state index in [1.54, 1.807) is 18.2 Å². The number of nitrogens with one attached hydrogen (secondary N) is 2. The van der Waals surface area contributed by atoms with Gasteiger partial charge < -0.3 is 5.32 Å². The Bertz CT molecular complexity index is 797. The Hall–Kier alpha value is -2.34. The molecule has 5 nitrogen and oxygen atoms in total. The summed E-state index contributed by atoms with van der Waals surface area (Å²) in [6.45, 7) is 5.62. The molecule has 23 heavy (non-hydrogen) atoms. The first-order valence-electron chi connectivity index (χ1n) is 7.28. The van der Waals surface area contributed by atoms with Crippen molar-refractivity contribution in [2.45, 2.75) is 31.7 Å². The molecular weight excluding hydrogens is 312 g/mol. The van der Waals surface area contributed by atoms with E-state index in [9.17, 15) is 13.2 Å². The molecule has 0 aromatic heterocycles. The molecule has 0 atom stereocenters. The summed E-state index contributed by atoms with van der Waals surface area (Å²) in [5.41, 5.74) is 1.89. The first-order chi connectivity index (χ1) is 10.8. The molecule has 0 aliphatic heterocycles. The van der Waals surface area contributed by atoms with Gasteiger partial charge in [0.25, 0.3) is 15.9 Å². The number of benzene rings is 2. The van der Waals surface area contributed by atoms with E-state index in [2.05, 4.69) is 10.0 Å². The highest BCUT2D eigenvalue weighted by Crippen LogP contribution is 2.17. The van der Waals surface area contributed by atoms with Crippen LogP contribution in [0.4, 0.5) is 5.69 Å². The molecule has 2 aromatic rings. The standard InChI is InChI=1S/C17H20N2O3S/c1-12(2)18-17(20)14-7-9-16(10-8-14)23(21,22)19-15-6-4-5-13(3)11-15/h4-12,19H,1-3H3,(H,18,20). The number of carbonyl (C=O) groups is 1. The van der Waals surface area contributed by atoms with Crippen molar-refractivity contribution in [3.8, 4) is 0 Å². The minimum Gasteiger partial charge on any atom is -0.350 e. The van der Waals surface area contributed by atoms with Crippen LogP contribution in [0.3, 0.4) is 0 Å². The lowest BCUT2D eigenvalue weighted by molar-refractivity contribution is 0.0943. The van der Waals surface area contributed by atoms with Crippen molar-refractivity contribution in [3.05, 3.63) is 59.7 Å². The fraction of sp³-hybridized carbons (Fsp3) is 0.235. The summed E-state index contributed by atoms with van der Waals surface area (Å²) in [5.74, 6) is -0.226. The summed E-state index contributed by atoms with van der Waals surface area (Å²) in [5, 5.41) is 2.76. The fourth-order valence-corrected chi connectivity index (χ4v) is 3.10. The molecule has 0 radical (unpaired) electrons. The molecule has 0 saturated carbocycles. The van der Waals surface area contributed by atoms with Crippen molar-refractivity contribution in [1.82, 2.24) is 5.32 Å². The number of aryl methyl sites for hydroxylation is 1. The summed E-state index contributed by atoms with van der Waals surface area (Å²) in [4.78, 5) is 12.0. The van der Waals surface area contributed by atoms with Gasteiger partial charge in [-0.1, -0.05) is 12.1 Å². The molecule has 0 fully saturated rings. The molecule has 0 saturated heterocycles. The van der Waals surface area contributed by atoms with E-state index in [1.807, 2.05) is 26.8 Å². The van der Waals surface area contributed by atoms with Crippen LogP contribution in [-0.2, 0) is 10.0 Å². The lowest BCUT2D eigenvalue weighted by atomic mass is 10.2. The van der Waals surface area contributed by atoms with E-state index in [1.165, 1.54) is 24.3 Å². The SMILES string of the molecule is Cc1cccc(NS(=O)(=O)c2ccc(C(=O)NC(C)C)cc2)c1. The minimum absolute atomic E-state index is 0.0221. The molecular formula is C17H20N2O3S. The van der Waals surface area contributed by atoms with Gasteiger partial charge in [0.15, 0.2) is 0 Å². The predicted molar refractivity (Wildman–Crippen MR) is 91.0 cm³/mol. The van der Waals surface area contributed by atoms with Crippen molar-refractivity contribution in [2.75, 3.05) is 4.72 Å². The maximum atomic E-state index is 12.4. The molecule has 0 bridgehead atoms. The number of amides is 1. The molecule has 0 aliphatic rings. The summed E-state index contributed by atoms with van der Waals surface area (Å²) in [6, 6.07) is 13.0. The first kappa shape index (κ1) is 17.0. The Kier molecular flexibility index (Phi) is 5.05. The average molecular weight is 332 g/mol. The van der Waals surface area contributed by atoms with Crippen LogP contribution >= 0.6 is 0 Å². The molecule has 122 valence electrons. The number of anilines is 1.